The van der Waals surface area contributed by atoms with Crippen LogP contribution in [0.3, 0.4) is 0 Å². The highest BCUT2D eigenvalue weighted by Crippen LogP contribution is 2.13. The van der Waals surface area contributed by atoms with Crippen LogP contribution >= 0.6 is 0 Å². The van der Waals surface area contributed by atoms with E-state index in [1.165, 1.54) is 48.6 Å². The molecule has 0 aromatic heterocycles. The maximum atomic E-state index is 11.7. The smallest absolute Gasteiger partial charge is 0.269 e. The number of carbonyl (C=O) groups is 1. The first-order chi connectivity index (χ1) is 11.5. The summed E-state index contributed by atoms with van der Waals surface area (Å²) >= 11 is 0. The fourth-order valence-corrected chi connectivity index (χ4v) is 1.86. The molecule has 0 aliphatic heterocycles. The molecule has 0 saturated heterocycles. The quantitative estimate of drug-likeness (QED) is 0.497. The summed E-state index contributed by atoms with van der Waals surface area (Å²) in [7, 11) is 0. The second-order valence-corrected chi connectivity index (χ2v) is 4.82. The van der Waals surface area contributed by atoms with E-state index in [2.05, 4.69) is 5.32 Å². The van der Waals surface area contributed by atoms with E-state index in [1.807, 2.05) is 0 Å². The van der Waals surface area contributed by atoms with Crippen molar-refractivity contribution >= 4 is 23.4 Å². The monoisotopic (exact) mass is 327 g/mol. The lowest BCUT2D eigenvalue weighted by atomic mass is 10.2. The minimum atomic E-state index is -0.496. The van der Waals surface area contributed by atoms with Gasteiger partial charge in [-0.2, -0.15) is 0 Å². The zero-order valence-electron chi connectivity index (χ0n) is 12.4. The SMILES string of the molecule is O=C(C=Cc1ccc([N+](=O)[O-])cc1)NCc1ccc([N+](=O)[O-])cc1. The van der Waals surface area contributed by atoms with E-state index in [-0.39, 0.29) is 23.8 Å². The van der Waals surface area contributed by atoms with Crippen LogP contribution in [0.15, 0.2) is 54.6 Å². The normalized spacial score (nSPS) is 10.5. The van der Waals surface area contributed by atoms with Crippen LogP contribution in [0, 0.1) is 20.2 Å². The number of non-ortho nitro benzene ring substituents is 2. The molecule has 0 bridgehead atoms. The highest BCUT2D eigenvalue weighted by molar-refractivity contribution is 5.91. The van der Waals surface area contributed by atoms with E-state index >= 15 is 0 Å². The average Bonchev–Trinajstić information content (AvgIpc) is 2.58. The second kappa shape index (κ2) is 7.63. The summed E-state index contributed by atoms with van der Waals surface area (Å²) in [6.07, 6.45) is 2.85. The summed E-state index contributed by atoms with van der Waals surface area (Å²) in [5.74, 6) is -0.341. The largest absolute Gasteiger partial charge is 0.348 e. The number of carbonyl (C=O) groups excluding carboxylic acids is 1. The van der Waals surface area contributed by atoms with E-state index < -0.39 is 9.85 Å². The van der Waals surface area contributed by atoms with Crippen molar-refractivity contribution in [3.8, 4) is 0 Å². The summed E-state index contributed by atoms with van der Waals surface area (Å²) in [4.78, 5) is 31.8. The predicted octanol–water partition coefficient (Wildman–Crippen LogP) is 2.83. The van der Waals surface area contributed by atoms with Gasteiger partial charge in [0.05, 0.1) is 9.85 Å². The maximum Gasteiger partial charge on any atom is 0.269 e. The van der Waals surface area contributed by atoms with Crippen LogP contribution in [0.1, 0.15) is 11.1 Å². The van der Waals surface area contributed by atoms with Gasteiger partial charge in [-0.05, 0) is 29.3 Å². The molecule has 8 heteroatoms. The summed E-state index contributed by atoms with van der Waals surface area (Å²) in [6.45, 7) is 0.238. The lowest BCUT2D eigenvalue weighted by Crippen LogP contribution is -2.20. The molecule has 0 heterocycles. The van der Waals surface area contributed by atoms with E-state index in [0.29, 0.717) is 5.56 Å². The van der Waals surface area contributed by atoms with E-state index in [9.17, 15) is 25.0 Å². The Bertz CT molecular complexity index is 782. The molecular weight excluding hydrogens is 314 g/mol. The Morgan fingerprint density at radius 1 is 0.917 bits per heavy atom. The standard InChI is InChI=1S/C16H13N3O5/c20-16(10-5-12-1-6-14(7-2-12)18(21)22)17-11-13-3-8-15(9-4-13)19(23)24/h1-10H,11H2,(H,17,20). The molecule has 122 valence electrons. The number of benzene rings is 2. The van der Waals surface area contributed by atoms with Gasteiger partial charge in [0.2, 0.25) is 5.91 Å². The molecule has 1 N–H and O–H groups in total. The lowest BCUT2D eigenvalue weighted by molar-refractivity contribution is -0.385. The van der Waals surface area contributed by atoms with Crippen molar-refractivity contribution in [2.45, 2.75) is 6.54 Å². The molecule has 24 heavy (non-hydrogen) atoms. The fraction of sp³-hybridized carbons (Fsp3) is 0.0625. The van der Waals surface area contributed by atoms with Gasteiger partial charge in [-0.25, -0.2) is 0 Å². The minimum Gasteiger partial charge on any atom is -0.348 e. The lowest BCUT2D eigenvalue weighted by Gasteiger charge is -2.02. The molecule has 0 spiro atoms. The molecule has 0 atom stereocenters. The molecule has 0 radical (unpaired) electrons. The number of rotatable bonds is 6. The zero-order chi connectivity index (χ0) is 17.5. The Hall–Kier alpha value is -3.55. The van der Waals surface area contributed by atoms with Crippen molar-refractivity contribution in [1.29, 1.82) is 0 Å². The van der Waals surface area contributed by atoms with Gasteiger partial charge in [0, 0.05) is 36.9 Å². The van der Waals surface area contributed by atoms with Gasteiger partial charge in [-0.15, -0.1) is 0 Å². The van der Waals surface area contributed by atoms with Gasteiger partial charge in [0.1, 0.15) is 0 Å². The van der Waals surface area contributed by atoms with Gasteiger partial charge in [-0.1, -0.05) is 12.1 Å². The number of nitrogens with zero attached hydrogens (tertiary/aromatic N) is 2. The number of nitrogens with one attached hydrogen (secondary N) is 1. The van der Waals surface area contributed by atoms with Crippen molar-refractivity contribution in [3.63, 3.8) is 0 Å². The van der Waals surface area contributed by atoms with Crippen molar-refractivity contribution in [2.75, 3.05) is 0 Å². The molecule has 2 aromatic rings. The predicted molar refractivity (Wildman–Crippen MR) is 87.1 cm³/mol. The fourth-order valence-electron chi connectivity index (χ4n) is 1.86. The zero-order valence-corrected chi connectivity index (χ0v) is 12.4. The van der Waals surface area contributed by atoms with Crippen molar-refractivity contribution in [1.82, 2.24) is 5.32 Å². The molecule has 0 aliphatic rings. The van der Waals surface area contributed by atoms with Crippen molar-refractivity contribution in [3.05, 3.63) is 86.0 Å². The van der Waals surface area contributed by atoms with Gasteiger partial charge in [0.15, 0.2) is 0 Å². The van der Waals surface area contributed by atoms with Gasteiger partial charge in [-0.3, -0.25) is 25.0 Å². The second-order valence-electron chi connectivity index (χ2n) is 4.82. The third kappa shape index (κ3) is 4.73. The highest BCUT2D eigenvalue weighted by Gasteiger charge is 2.05. The topological polar surface area (TPSA) is 115 Å². The Labute approximate surface area is 136 Å². The van der Waals surface area contributed by atoms with Crippen LogP contribution in [-0.2, 0) is 11.3 Å². The van der Waals surface area contributed by atoms with E-state index in [1.54, 1.807) is 12.1 Å². The third-order valence-corrected chi connectivity index (χ3v) is 3.14. The van der Waals surface area contributed by atoms with Gasteiger partial charge < -0.3 is 5.32 Å². The molecule has 0 unspecified atom stereocenters. The first-order valence-electron chi connectivity index (χ1n) is 6.89. The Kier molecular flexibility index (Phi) is 5.35. The molecule has 2 aromatic carbocycles. The molecule has 2 rings (SSSR count). The Balaban J connectivity index is 1.88. The molecule has 0 saturated carbocycles. The van der Waals surface area contributed by atoms with Crippen molar-refractivity contribution in [2.24, 2.45) is 0 Å². The van der Waals surface area contributed by atoms with Crippen LogP contribution in [0.5, 0.6) is 0 Å². The summed E-state index contributed by atoms with van der Waals surface area (Å²) < 4.78 is 0. The van der Waals surface area contributed by atoms with E-state index in [4.69, 9.17) is 0 Å². The summed E-state index contributed by atoms with van der Waals surface area (Å²) in [5, 5.41) is 23.7. The Morgan fingerprint density at radius 2 is 1.42 bits per heavy atom. The molecular formula is C16H13N3O5. The Morgan fingerprint density at radius 3 is 1.92 bits per heavy atom. The van der Waals surface area contributed by atoms with Crippen molar-refractivity contribution < 1.29 is 14.6 Å². The highest BCUT2D eigenvalue weighted by atomic mass is 16.6. The van der Waals surface area contributed by atoms with Crippen LogP contribution < -0.4 is 5.32 Å². The first kappa shape index (κ1) is 16.8. The number of hydrogen-bond donors (Lipinski definition) is 1. The number of amides is 1. The summed E-state index contributed by atoms with van der Waals surface area (Å²) in [5.41, 5.74) is 1.36. The van der Waals surface area contributed by atoms with E-state index in [0.717, 1.165) is 5.56 Å². The number of nitro groups is 2. The first-order valence-corrected chi connectivity index (χ1v) is 6.89. The van der Waals surface area contributed by atoms with Crippen LogP contribution in [0.4, 0.5) is 11.4 Å². The minimum absolute atomic E-state index is 0.0110. The third-order valence-electron chi connectivity index (χ3n) is 3.14. The van der Waals surface area contributed by atoms with Crippen LogP contribution in [0.25, 0.3) is 6.08 Å². The molecule has 1 amide bonds. The van der Waals surface area contributed by atoms with Crippen LogP contribution in [0.2, 0.25) is 0 Å². The average molecular weight is 327 g/mol. The molecule has 0 fully saturated rings. The maximum absolute atomic E-state index is 11.7. The number of nitro benzene ring substituents is 2. The van der Waals surface area contributed by atoms with Gasteiger partial charge >= 0.3 is 0 Å². The van der Waals surface area contributed by atoms with Gasteiger partial charge in [0.25, 0.3) is 11.4 Å². The molecule has 8 nitrogen and oxygen atoms in total. The number of hydrogen-bond acceptors (Lipinski definition) is 5. The summed E-state index contributed by atoms with van der Waals surface area (Å²) in [6, 6.07) is 11.7. The van der Waals surface area contributed by atoms with Crippen LogP contribution in [-0.4, -0.2) is 15.8 Å². The molecule has 0 aliphatic carbocycles.